The standard InChI is InChI=1S/C20H23N3O3S/c1-13(17-22-16(11-27-17)14-6-3-2-4-7-14)21-19(26)23-10-15-8-5-9-20(15,12-23)18(24)25/h2-4,6-7,11,13,15H,5,8-10,12H2,1H3,(H,21,26)(H,24,25)/t13?,15-,20+/m0/s1. The fourth-order valence-electron chi connectivity index (χ4n) is 4.36. The van der Waals surface area contributed by atoms with Gasteiger partial charge in [0.05, 0.1) is 17.2 Å². The number of carboxylic acid groups (broad SMARTS) is 1. The smallest absolute Gasteiger partial charge is 0.317 e. The van der Waals surface area contributed by atoms with Crippen LogP contribution in [0.5, 0.6) is 0 Å². The van der Waals surface area contributed by atoms with E-state index in [0.717, 1.165) is 29.1 Å². The van der Waals surface area contributed by atoms with Gasteiger partial charge in [0.15, 0.2) is 0 Å². The predicted octanol–water partition coefficient (Wildman–Crippen LogP) is 3.77. The van der Waals surface area contributed by atoms with Crippen LogP contribution in [0.1, 0.15) is 37.2 Å². The van der Waals surface area contributed by atoms with E-state index in [-0.39, 0.29) is 18.0 Å². The number of aromatic nitrogens is 1. The Kier molecular flexibility index (Phi) is 4.63. The zero-order chi connectivity index (χ0) is 19.0. The van der Waals surface area contributed by atoms with E-state index in [1.165, 1.54) is 11.3 Å². The molecule has 1 unspecified atom stereocenters. The van der Waals surface area contributed by atoms with Crippen molar-refractivity contribution in [3.8, 4) is 11.3 Å². The number of urea groups is 1. The summed E-state index contributed by atoms with van der Waals surface area (Å²) in [4.78, 5) is 30.8. The van der Waals surface area contributed by atoms with Crippen LogP contribution in [-0.2, 0) is 4.79 Å². The van der Waals surface area contributed by atoms with E-state index in [4.69, 9.17) is 0 Å². The SMILES string of the molecule is CC(NC(=O)N1C[C@@H]2CCC[C@@]2(C(=O)O)C1)c1nc(-c2ccccc2)cs1. The maximum Gasteiger partial charge on any atom is 0.317 e. The highest BCUT2D eigenvalue weighted by atomic mass is 32.1. The van der Waals surface area contributed by atoms with E-state index >= 15 is 0 Å². The van der Waals surface area contributed by atoms with Gasteiger partial charge in [0.1, 0.15) is 5.01 Å². The van der Waals surface area contributed by atoms with Crippen LogP contribution < -0.4 is 5.32 Å². The molecule has 0 spiro atoms. The molecule has 1 aliphatic heterocycles. The summed E-state index contributed by atoms with van der Waals surface area (Å²) in [5.41, 5.74) is 1.20. The van der Waals surface area contributed by atoms with Crippen LogP contribution in [-0.4, -0.2) is 40.1 Å². The number of nitrogens with zero attached hydrogens (tertiary/aromatic N) is 2. The van der Waals surface area contributed by atoms with Gasteiger partial charge in [-0.3, -0.25) is 4.79 Å². The number of hydrogen-bond donors (Lipinski definition) is 2. The number of carboxylic acids is 1. The molecule has 1 aromatic carbocycles. The number of hydrogen-bond acceptors (Lipinski definition) is 4. The van der Waals surface area contributed by atoms with Crippen LogP contribution in [0.15, 0.2) is 35.7 Å². The van der Waals surface area contributed by atoms with E-state index < -0.39 is 11.4 Å². The number of amides is 2. The first-order valence-corrected chi connectivity index (χ1v) is 10.2. The number of carbonyl (C=O) groups is 2. The number of rotatable bonds is 4. The minimum Gasteiger partial charge on any atom is -0.481 e. The summed E-state index contributed by atoms with van der Waals surface area (Å²) in [7, 11) is 0. The summed E-state index contributed by atoms with van der Waals surface area (Å²) in [6, 6.07) is 9.52. The Bertz CT molecular complexity index is 853. The fraction of sp³-hybridized carbons (Fsp3) is 0.450. The lowest BCUT2D eigenvalue weighted by atomic mass is 9.81. The molecule has 1 aromatic heterocycles. The molecule has 142 valence electrons. The molecule has 7 heteroatoms. The van der Waals surface area contributed by atoms with Gasteiger partial charge >= 0.3 is 12.0 Å². The highest BCUT2D eigenvalue weighted by Gasteiger charge is 2.55. The van der Waals surface area contributed by atoms with Gasteiger partial charge in [0.25, 0.3) is 0 Å². The zero-order valence-corrected chi connectivity index (χ0v) is 16.0. The van der Waals surface area contributed by atoms with Crippen molar-refractivity contribution in [3.05, 3.63) is 40.7 Å². The first kappa shape index (κ1) is 18.0. The highest BCUT2D eigenvalue weighted by Crippen LogP contribution is 2.48. The van der Waals surface area contributed by atoms with Crippen molar-refractivity contribution in [1.82, 2.24) is 15.2 Å². The number of benzene rings is 1. The molecule has 2 aromatic rings. The molecular weight excluding hydrogens is 362 g/mol. The van der Waals surface area contributed by atoms with Crippen LogP contribution in [0, 0.1) is 11.3 Å². The van der Waals surface area contributed by atoms with Crippen molar-refractivity contribution < 1.29 is 14.7 Å². The minimum absolute atomic E-state index is 0.0700. The summed E-state index contributed by atoms with van der Waals surface area (Å²) in [6.45, 7) is 2.74. The van der Waals surface area contributed by atoms with E-state index in [1.54, 1.807) is 4.90 Å². The second-order valence-electron chi connectivity index (χ2n) is 7.54. The van der Waals surface area contributed by atoms with Gasteiger partial charge in [0.2, 0.25) is 0 Å². The number of nitrogens with one attached hydrogen (secondary N) is 1. The minimum atomic E-state index is -0.763. The second kappa shape index (κ2) is 6.96. The molecule has 2 aliphatic rings. The second-order valence-corrected chi connectivity index (χ2v) is 8.43. The molecule has 2 amide bonds. The van der Waals surface area contributed by atoms with Gasteiger partial charge in [-0.15, -0.1) is 11.3 Å². The van der Waals surface area contributed by atoms with Crippen LogP contribution in [0.3, 0.4) is 0 Å². The summed E-state index contributed by atoms with van der Waals surface area (Å²) in [5.74, 6) is -0.693. The van der Waals surface area contributed by atoms with E-state index in [0.29, 0.717) is 19.5 Å². The Morgan fingerprint density at radius 3 is 2.85 bits per heavy atom. The molecule has 2 heterocycles. The average Bonchev–Trinajstić information content (AvgIpc) is 3.36. The van der Waals surface area contributed by atoms with Gasteiger partial charge in [-0.2, -0.15) is 0 Å². The first-order chi connectivity index (χ1) is 13.0. The molecular formula is C20H23N3O3S. The molecule has 1 saturated heterocycles. The van der Waals surface area contributed by atoms with Crippen molar-refractivity contribution >= 4 is 23.3 Å². The Labute approximate surface area is 162 Å². The topological polar surface area (TPSA) is 82.5 Å². The normalized spacial score (nSPS) is 25.2. The largest absolute Gasteiger partial charge is 0.481 e. The third-order valence-electron chi connectivity index (χ3n) is 5.89. The number of likely N-dealkylation sites (tertiary alicyclic amines) is 1. The highest BCUT2D eigenvalue weighted by molar-refractivity contribution is 7.10. The number of thiazole rings is 1. The Balaban J connectivity index is 1.42. The van der Waals surface area contributed by atoms with E-state index in [9.17, 15) is 14.7 Å². The van der Waals surface area contributed by atoms with Crippen LogP contribution in [0.4, 0.5) is 4.79 Å². The van der Waals surface area contributed by atoms with Gasteiger partial charge in [-0.1, -0.05) is 36.8 Å². The Morgan fingerprint density at radius 2 is 2.15 bits per heavy atom. The molecule has 0 bridgehead atoms. The van der Waals surface area contributed by atoms with Crippen molar-refractivity contribution in [2.75, 3.05) is 13.1 Å². The lowest BCUT2D eigenvalue weighted by Gasteiger charge is -2.24. The summed E-state index contributed by atoms with van der Waals surface area (Å²) < 4.78 is 0. The maximum atomic E-state index is 12.7. The summed E-state index contributed by atoms with van der Waals surface area (Å²) in [5, 5.41) is 15.5. The quantitative estimate of drug-likeness (QED) is 0.839. The summed E-state index contributed by atoms with van der Waals surface area (Å²) >= 11 is 1.52. The molecule has 1 saturated carbocycles. The lowest BCUT2D eigenvalue weighted by Crippen LogP contribution is -2.42. The van der Waals surface area contributed by atoms with E-state index in [1.807, 2.05) is 42.6 Å². The predicted molar refractivity (Wildman–Crippen MR) is 103 cm³/mol. The third kappa shape index (κ3) is 3.20. The zero-order valence-electron chi connectivity index (χ0n) is 15.2. The van der Waals surface area contributed by atoms with Gasteiger partial charge in [-0.25, -0.2) is 9.78 Å². The first-order valence-electron chi connectivity index (χ1n) is 9.29. The van der Waals surface area contributed by atoms with Crippen molar-refractivity contribution in [1.29, 1.82) is 0 Å². The molecule has 1 aliphatic carbocycles. The van der Waals surface area contributed by atoms with Gasteiger partial charge < -0.3 is 15.3 Å². The Morgan fingerprint density at radius 1 is 1.37 bits per heavy atom. The van der Waals surface area contributed by atoms with Crippen LogP contribution >= 0.6 is 11.3 Å². The lowest BCUT2D eigenvalue weighted by molar-refractivity contribution is -0.149. The molecule has 27 heavy (non-hydrogen) atoms. The molecule has 3 atom stereocenters. The van der Waals surface area contributed by atoms with Crippen molar-refractivity contribution in [3.63, 3.8) is 0 Å². The number of fused-ring (bicyclic) bond motifs is 1. The molecule has 0 radical (unpaired) electrons. The molecule has 4 rings (SSSR count). The van der Waals surface area contributed by atoms with Gasteiger partial charge in [0, 0.05) is 24.0 Å². The van der Waals surface area contributed by atoms with Gasteiger partial charge in [-0.05, 0) is 25.7 Å². The fourth-order valence-corrected chi connectivity index (χ4v) is 5.20. The third-order valence-corrected chi connectivity index (χ3v) is 6.91. The van der Waals surface area contributed by atoms with E-state index in [2.05, 4.69) is 10.3 Å². The molecule has 2 N–H and O–H groups in total. The number of carbonyl (C=O) groups excluding carboxylic acids is 1. The monoisotopic (exact) mass is 385 g/mol. The molecule has 2 fully saturated rings. The van der Waals surface area contributed by atoms with Crippen molar-refractivity contribution in [2.24, 2.45) is 11.3 Å². The van der Waals surface area contributed by atoms with Crippen molar-refractivity contribution in [2.45, 2.75) is 32.2 Å². The maximum absolute atomic E-state index is 12.7. The van der Waals surface area contributed by atoms with Crippen LogP contribution in [0.2, 0.25) is 0 Å². The summed E-state index contributed by atoms with van der Waals surface area (Å²) in [6.07, 6.45) is 2.49. The average molecular weight is 385 g/mol. The Hall–Kier alpha value is -2.41. The molecule has 6 nitrogen and oxygen atoms in total. The number of aliphatic carboxylic acids is 1. The van der Waals surface area contributed by atoms with Crippen LogP contribution in [0.25, 0.3) is 11.3 Å².